The Balaban J connectivity index is 1.64. The second-order valence-corrected chi connectivity index (χ2v) is 8.50. The third-order valence-corrected chi connectivity index (χ3v) is 6.46. The highest BCUT2D eigenvalue weighted by Gasteiger charge is 2.19. The van der Waals surface area contributed by atoms with Gasteiger partial charge in [-0.15, -0.1) is 0 Å². The van der Waals surface area contributed by atoms with Gasteiger partial charge < -0.3 is 0 Å². The first-order valence-electron chi connectivity index (χ1n) is 11.4. The van der Waals surface area contributed by atoms with Gasteiger partial charge in [-0.1, -0.05) is 54.6 Å². The van der Waals surface area contributed by atoms with Crippen LogP contribution in [0.25, 0.3) is 60.8 Å². The standard InChI is InChI=1S/C30H17N5/c31-18-19-11-13-20(14-12-19)28-30(34-29-25(33-28)9-5-15-32-29)35-26-10-4-3-8-23(26)24-16-21-6-1-2-7-22(21)17-27(24)35/h1-17H. The molecule has 3 aromatic heterocycles. The van der Waals surface area contributed by atoms with E-state index in [9.17, 15) is 5.26 Å². The van der Waals surface area contributed by atoms with E-state index in [1.165, 1.54) is 5.39 Å². The number of aromatic nitrogens is 4. The second kappa shape index (κ2) is 7.47. The van der Waals surface area contributed by atoms with Gasteiger partial charge in [0.05, 0.1) is 22.7 Å². The largest absolute Gasteiger partial charge is 0.292 e. The number of fused-ring (bicyclic) bond motifs is 5. The summed E-state index contributed by atoms with van der Waals surface area (Å²) in [6.07, 6.45) is 1.74. The molecule has 35 heavy (non-hydrogen) atoms. The number of hydrogen-bond donors (Lipinski definition) is 0. The first-order chi connectivity index (χ1) is 17.3. The van der Waals surface area contributed by atoms with Crippen LogP contribution in [0.15, 0.2) is 103 Å². The normalized spacial score (nSPS) is 11.4. The fraction of sp³-hybridized carbons (Fsp3) is 0. The van der Waals surface area contributed by atoms with E-state index in [4.69, 9.17) is 9.97 Å². The van der Waals surface area contributed by atoms with Crippen LogP contribution in [0.3, 0.4) is 0 Å². The van der Waals surface area contributed by atoms with Crippen molar-refractivity contribution in [2.45, 2.75) is 0 Å². The van der Waals surface area contributed by atoms with E-state index in [0.717, 1.165) is 44.0 Å². The Morgan fingerprint density at radius 3 is 2.29 bits per heavy atom. The van der Waals surface area contributed by atoms with Crippen molar-refractivity contribution in [3.05, 3.63) is 109 Å². The summed E-state index contributed by atoms with van der Waals surface area (Å²) in [4.78, 5) is 14.5. The lowest BCUT2D eigenvalue weighted by Crippen LogP contribution is -2.04. The Morgan fingerprint density at radius 1 is 0.686 bits per heavy atom. The van der Waals surface area contributed by atoms with Crippen molar-refractivity contribution in [2.75, 3.05) is 0 Å². The van der Waals surface area contributed by atoms with Gasteiger partial charge in [-0.3, -0.25) is 4.57 Å². The number of rotatable bonds is 2. The molecule has 0 radical (unpaired) electrons. The highest BCUT2D eigenvalue weighted by atomic mass is 15.1. The van der Waals surface area contributed by atoms with Gasteiger partial charge in [-0.2, -0.15) is 5.26 Å². The lowest BCUT2D eigenvalue weighted by Gasteiger charge is -2.13. The predicted octanol–water partition coefficient (Wildman–Crippen LogP) is 6.81. The maximum atomic E-state index is 9.28. The maximum absolute atomic E-state index is 9.28. The third kappa shape index (κ3) is 2.98. The summed E-state index contributed by atoms with van der Waals surface area (Å²) in [6.45, 7) is 0. The van der Waals surface area contributed by atoms with Gasteiger partial charge >= 0.3 is 0 Å². The number of hydrogen-bond acceptors (Lipinski definition) is 4. The van der Waals surface area contributed by atoms with Gasteiger partial charge in [0.15, 0.2) is 11.5 Å². The van der Waals surface area contributed by atoms with Crippen LogP contribution in [0, 0.1) is 11.3 Å². The van der Waals surface area contributed by atoms with Crippen molar-refractivity contribution in [1.82, 2.24) is 19.5 Å². The van der Waals surface area contributed by atoms with Crippen molar-refractivity contribution >= 4 is 43.7 Å². The summed E-state index contributed by atoms with van der Waals surface area (Å²) >= 11 is 0. The molecule has 4 aromatic carbocycles. The Labute approximate surface area is 200 Å². The van der Waals surface area contributed by atoms with Crippen molar-refractivity contribution in [1.29, 1.82) is 5.26 Å². The molecule has 7 rings (SSSR count). The van der Waals surface area contributed by atoms with E-state index in [1.807, 2.05) is 42.5 Å². The minimum atomic E-state index is 0.589. The molecule has 0 spiro atoms. The average Bonchev–Trinajstić information content (AvgIpc) is 3.24. The number of para-hydroxylation sites is 1. The molecule has 0 atom stereocenters. The van der Waals surface area contributed by atoms with Crippen LogP contribution in [0.2, 0.25) is 0 Å². The van der Waals surface area contributed by atoms with Gasteiger partial charge in [0, 0.05) is 22.5 Å². The van der Waals surface area contributed by atoms with Gasteiger partial charge in [0.1, 0.15) is 11.2 Å². The Hall–Kier alpha value is -5.08. The van der Waals surface area contributed by atoms with Crippen LogP contribution < -0.4 is 0 Å². The molecule has 0 bridgehead atoms. The lowest BCUT2D eigenvalue weighted by molar-refractivity contribution is 1.07. The first kappa shape index (κ1) is 19.4. The third-order valence-electron chi connectivity index (χ3n) is 6.46. The van der Waals surface area contributed by atoms with E-state index < -0.39 is 0 Å². The molecule has 0 aliphatic carbocycles. The zero-order chi connectivity index (χ0) is 23.4. The Kier molecular flexibility index (Phi) is 4.14. The fourth-order valence-corrected chi connectivity index (χ4v) is 4.82. The van der Waals surface area contributed by atoms with Gasteiger partial charge in [0.2, 0.25) is 0 Å². The van der Waals surface area contributed by atoms with Crippen LogP contribution in [0.5, 0.6) is 0 Å². The van der Waals surface area contributed by atoms with Crippen LogP contribution in [-0.4, -0.2) is 19.5 Å². The molecule has 7 aromatic rings. The molecule has 0 fully saturated rings. The fourth-order valence-electron chi connectivity index (χ4n) is 4.82. The predicted molar refractivity (Wildman–Crippen MR) is 139 cm³/mol. The van der Waals surface area contributed by atoms with Crippen molar-refractivity contribution in [3.8, 4) is 23.1 Å². The Bertz CT molecular complexity index is 1960. The molecular formula is C30H17N5. The van der Waals surface area contributed by atoms with Crippen LogP contribution in [0.1, 0.15) is 5.56 Å². The highest BCUT2D eigenvalue weighted by molar-refractivity contribution is 6.13. The summed E-state index contributed by atoms with van der Waals surface area (Å²) in [5.74, 6) is 0.711. The Morgan fingerprint density at radius 2 is 1.46 bits per heavy atom. The van der Waals surface area contributed by atoms with Crippen LogP contribution >= 0.6 is 0 Å². The van der Waals surface area contributed by atoms with Crippen LogP contribution in [0.4, 0.5) is 0 Å². The molecule has 0 aliphatic rings. The van der Waals surface area contributed by atoms with Crippen molar-refractivity contribution < 1.29 is 0 Å². The summed E-state index contributed by atoms with van der Waals surface area (Å²) in [5.41, 5.74) is 5.67. The van der Waals surface area contributed by atoms with Gasteiger partial charge in [0.25, 0.3) is 0 Å². The monoisotopic (exact) mass is 447 g/mol. The molecule has 5 nitrogen and oxygen atoms in total. The molecule has 3 heterocycles. The van der Waals surface area contributed by atoms with E-state index in [0.29, 0.717) is 17.0 Å². The zero-order valence-corrected chi connectivity index (χ0v) is 18.6. The van der Waals surface area contributed by atoms with Gasteiger partial charge in [-0.25, -0.2) is 15.0 Å². The minimum absolute atomic E-state index is 0.589. The number of nitrogens with zero attached hydrogens (tertiary/aromatic N) is 5. The molecule has 0 aliphatic heterocycles. The van der Waals surface area contributed by atoms with E-state index in [2.05, 4.69) is 70.2 Å². The molecule has 162 valence electrons. The van der Waals surface area contributed by atoms with Crippen LogP contribution in [-0.2, 0) is 0 Å². The number of benzene rings is 4. The molecule has 0 saturated heterocycles. The minimum Gasteiger partial charge on any atom is -0.292 e. The summed E-state index contributed by atoms with van der Waals surface area (Å²) in [7, 11) is 0. The summed E-state index contributed by atoms with van der Waals surface area (Å²) < 4.78 is 2.19. The molecule has 0 unspecified atom stereocenters. The lowest BCUT2D eigenvalue weighted by atomic mass is 10.1. The molecule has 0 N–H and O–H groups in total. The summed E-state index contributed by atoms with van der Waals surface area (Å²) in [5, 5.41) is 14.0. The highest BCUT2D eigenvalue weighted by Crippen LogP contribution is 2.37. The number of nitriles is 1. The maximum Gasteiger partial charge on any atom is 0.180 e. The second-order valence-electron chi connectivity index (χ2n) is 8.50. The topological polar surface area (TPSA) is 67.4 Å². The zero-order valence-electron chi connectivity index (χ0n) is 18.6. The first-order valence-corrected chi connectivity index (χ1v) is 11.4. The molecule has 5 heteroatoms. The smallest absolute Gasteiger partial charge is 0.180 e. The van der Waals surface area contributed by atoms with E-state index in [-0.39, 0.29) is 0 Å². The van der Waals surface area contributed by atoms with Gasteiger partial charge in [-0.05, 0) is 53.2 Å². The quantitative estimate of drug-likeness (QED) is 0.292. The van der Waals surface area contributed by atoms with E-state index >= 15 is 0 Å². The molecular weight excluding hydrogens is 430 g/mol. The van der Waals surface area contributed by atoms with Crippen molar-refractivity contribution in [2.24, 2.45) is 0 Å². The van der Waals surface area contributed by atoms with E-state index in [1.54, 1.807) is 6.20 Å². The average molecular weight is 448 g/mol. The summed E-state index contributed by atoms with van der Waals surface area (Å²) in [6, 6.07) is 34.7. The van der Waals surface area contributed by atoms with Crippen molar-refractivity contribution in [3.63, 3.8) is 0 Å². The SMILES string of the molecule is N#Cc1ccc(-c2nc3cccnc3nc2-n2c3ccccc3c3cc4ccccc4cc32)cc1. The molecule has 0 saturated carbocycles. The number of pyridine rings is 1. The molecule has 0 amide bonds.